The average molecular weight is 282 g/mol. The molecule has 1 amide bonds. The summed E-state index contributed by atoms with van der Waals surface area (Å²) >= 11 is 0. The molecule has 4 nitrogen and oxygen atoms in total. The smallest absolute Gasteiger partial charge is 0.255 e. The molecule has 4 heteroatoms. The first-order valence-electron chi connectivity index (χ1n) is 7.21. The maximum Gasteiger partial charge on any atom is 0.255 e. The Hall–Kier alpha value is -2.36. The van der Waals surface area contributed by atoms with Crippen LogP contribution < -0.4 is 4.74 Å². The molecular weight excluding hydrogens is 264 g/mol. The van der Waals surface area contributed by atoms with Crippen molar-refractivity contribution < 1.29 is 9.53 Å². The maximum atomic E-state index is 12.2. The molecule has 1 aliphatic heterocycles. The Morgan fingerprint density at radius 3 is 2.81 bits per heavy atom. The van der Waals surface area contributed by atoms with Crippen LogP contribution in [-0.2, 0) is 6.42 Å². The van der Waals surface area contributed by atoms with Crippen molar-refractivity contribution in [3.05, 3.63) is 59.9 Å². The van der Waals surface area contributed by atoms with E-state index in [9.17, 15) is 4.79 Å². The molecule has 0 radical (unpaired) electrons. The first-order valence-corrected chi connectivity index (χ1v) is 7.21. The van der Waals surface area contributed by atoms with Crippen LogP contribution in [0.2, 0.25) is 0 Å². The number of para-hydroxylation sites is 1. The first-order chi connectivity index (χ1) is 10.3. The fourth-order valence-corrected chi connectivity index (χ4v) is 2.44. The highest BCUT2D eigenvalue weighted by Crippen LogP contribution is 2.23. The van der Waals surface area contributed by atoms with Gasteiger partial charge in [-0.05, 0) is 30.2 Å². The van der Waals surface area contributed by atoms with Crippen LogP contribution in [0.3, 0.4) is 0 Å². The number of likely N-dealkylation sites (tertiary alicyclic amines) is 1. The largest absolute Gasteiger partial charge is 0.486 e. The molecular formula is C17H18N2O2. The molecule has 108 valence electrons. The monoisotopic (exact) mass is 282 g/mol. The summed E-state index contributed by atoms with van der Waals surface area (Å²) in [5.41, 5.74) is 1.83. The molecule has 21 heavy (non-hydrogen) atoms. The predicted molar refractivity (Wildman–Crippen MR) is 80.4 cm³/mol. The highest BCUT2D eigenvalue weighted by Gasteiger charge is 2.33. The summed E-state index contributed by atoms with van der Waals surface area (Å²) in [5, 5.41) is 0. The second kappa shape index (κ2) is 5.95. The lowest BCUT2D eigenvalue weighted by Gasteiger charge is -2.39. The summed E-state index contributed by atoms with van der Waals surface area (Å²) < 4.78 is 5.98. The maximum absolute atomic E-state index is 12.2. The van der Waals surface area contributed by atoms with Crippen LogP contribution >= 0.6 is 0 Å². The molecule has 0 unspecified atom stereocenters. The van der Waals surface area contributed by atoms with Gasteiger partial charge in [0.2, 0.25) is 0 Å². The van der Waals surface area contributed by atoms with Crippen LogP contribution in [0.4, 0.5) is 0 Å². The number of aromatic nitrogens is 1. The number of nitrogens with zero attached hydrogens (tertiary/aromatic N) is 2. The molecule has 0 spiro atoms. The zero-order valence-electron chi connectivity index (χ0n) is 12.0. The number of pyridine rings is 1. The van der Waals surface area contributed by atoms with Crippen LogP contribution in [0, 0.1) is 0 Å². The number of carbonyl (C=O) groups is 1. The number of carbonyl (C=O) groups excluding carboxylic acids is 1. The summed E-state index contributed by atoms with van der Waals surface area (Å²) in [6.45, 7) is 3.37. The number of benzene rings is 1. The van der Waals surface area contributed by atoms with E-state index in [0.29, 0.717) is 18.7 Å². The van der Waals surface area contributed by atoms with E-state index in [1.165, 1.54) is 5.56 Å². The lowest BCUT2D eigenvalue weighted by Crippen LogP contribution is -2.56. The van der Waals surface area contributed by atoms with Gasteiger partial charge in [0.05, 0.1) is 18.7 Å². The zero-order valence-corrected chi connectivity index (χ0v) is 12.0. The minimum Gasteiger partial charge on any atom is -0.486 e. The van der Waals surface area contributed by atoms with E-state index in [1.807, 2.05) is 18.2 Å². The van der Waals surface area contributed by atoms with Crippen molar-refractivity contribution in [1.82, 2.24) is 9.88 Å². The Morgan fingerprint density at radius 1 is 1.29 bits per heavy atom. The quantitative estimate of drug-likeness (QED) is 0.865. The Kier molecular flexibility index (Phi) is 3.86. The van der Waals surface area contributed by atoms with Crippen molar-refractivity contribution >= 4 is 5.91 Å². The number of rotatable bonds is 4. The van der Waals surface area contributed by atoms with Gasteiger partial charge < -0.3 is 9.64 Å². The Balaban J connectivity index is 1.58. The van der Waals surface area contributed by atoms with Gasteiger partial charge in [-0.25, -0.2) is 0 Å². The molecule has 0 aliphatic carbocycles. The van der Waals surface area contributed by atoms with Crippen LogP contribution in [0.5, 0.6) is 5.75 Å². The summed E-state index contributed by atoms with van der Waals surface area (Å²) in [6.07, 6.45) is 4.29. The third kappa shape index (κ3) is 2.89. The molecule has 3 rings (SSSR count). The van der Waals surface area contributed by atoms with Crippen LogP contribution in [0.1, 0.15) is 22.8 Å². The molecule has 0 saturated carbocycles. The second-order valence-corrected chi connectivity index (χ2v) is 5.15. The number of aryl methyl sites for hydroxylation is 1. The van der Waals surface area contributed by atoms with Crippen molar-refractivity contribution in [2.24, 2.45) is 0 Å². The number of hydrogen-bond donors (Lipinski definition) is 0. The number of hydrogen-bond acceptors (Lipinski definition) is 3. The van der Waals surface area contributed by atoms with E-state index in [0.717, 1.165) is 12.2 Å². The lowest BCUT2D eigenvalue weighted by atomic mass is 10.1. The van der Waals surface area contributed by atoms with Gasteiger partial charge >= 0.3 is 0 Å². The predicted octanol–water partition coefficient (Wildman–Crippen LogP) is 2.55. The molecule has 0 atom stereocenters. The van der Waals surface area contributed by atoms with Gasteiger partial charge in [-0.3, -0.25) is 9.78 Å². The Labute approximate surface area is 124 Å². The van der Waals surface area contributed by atoms with E-state index in [2.05, 4.69) is 18.0 Å². The highest BCUT2D eigenvalue weighted by molar-refractivity contribution is 5.94. The summed E-state index contributed by atoms with van der Waals surface area (Å²) in [7, 11) is 0. The molecule has 0 bridgehead atoms. The molecule has 1 fully saturated rings. The van der Waals surface area contributed by atoms with E-state index in [1.54, 1.807) is 29.4 Å². The number of amides is 1. The fraction of sp³-hybridized carbons (Fsp3) is 0.294. The van der Waals surface area contributed by atoms with Crippen molar-refractivity contribution in [3.63, 3.8) is 0 Å². The van der Waals surface area contributed by atoms with Crippen molar-refractivity contribution in [3.8, 4) is 5.75 Å². The average Bonchev–Trinajstić information content (AvgIpc) is 2.51. The van der Waals surface area contributed by atoms with Gasteiger partial charge in [0.1, 0.15) is 11.9 Å². The van der Waals surface area contributed by atoms with E-state index in [4.69, 9.17) is 4.74 Å². The second-order valence-electron chi connectivity index (χ2n) is 5.15. The third-order valence-electron chi connectivity index (χ3n) is 3.69. The van der Waals surface area contributed by atoms with Crippen LogP contribution in [-0.4, -0.2) is 35.0 Å². The summed E-state index contributed by atoms with van der Waals surface area (Å²) in [6, 6.07) is 11.6. The van der Waals surface area contributed by atoms with Gasteiger partial charge in [0.25, 0.3) is 5.91 Å². The molecule has 2 heterocycles. The van der Waals surface area contributed by atoms with Gasteiger partial charge in [-0.1, -0.05) is 25.1 Å². The van der Waals surface area contributed by atoms with Gasteiger partial charge in [0, 0.05) is 12.4 Å². The molecule has 1 aliphatic rings. The molecule has 2 aromatic rings. The minimum atomic E-state index is 0.0201. The zero-order chi connectivity index (χ0) is 14.7. The van der Waals surface area contributed by atoms with Gasteiger partial charge in [-0.2, -0.15) is 0 Å². The van der Waals surface area contributed by atoms with Crippen molar-refractivity contribution in [1.29, 1.82) is 0 Å². The molecule has 1 saturated heterocycles. The number of ether oxygens (including phenoxy) is 1. The summed E-state index contributed by atoms with van der Waals surface area (Å²) in [5.74, 6) is 0.949. The lowest BCUT2D eigenvalue weighted by molar-refractivity contribution is 0.0174. The van der Waals surface area contributed by atoms with E-state index >= 15 is 0 Å². The SMILES string of the molecule is CCc1ccccc1OC1CN(C(=O)c2cccnc2)C1. The normalized spacial score (nSPS) is 14.6. The topological polar surface area (TPSA) is 42.4 Å². The first kappa shape index (κ1) is 13.6. The molecule has 0 N–H and O–H groups in total. The Morgan fingerprint density at radius 2 is 2.10 bits per heavy atom. The van der Waals surface area contributed by atoms with Crippen LogP contribution in [0.15, 0.2) is 48.8 Å². The highest BCUT2D eigenvalue weighted by atomic mass is 16.5. The van der Waals surface area contributed by atoms with E-state index < -0.39 is 0 Å². The third-order valence-corrected chi connectivity index (χ3v) is 3.69. The summed E-state index contributed by atoms with van der Waals surface area (Å²) in [4.78, 5) is 17.9. The van der Waals surface area contributed by atoms with Crippen molar-refractivity contribution in [2.75, 3.05) is 13.1 Å². The minimum absolute atomic E-state index is 0.0201. The Bertz CT molecular complexity index is 622. The standard InChI is InChI=1S/C17H18N2O2/c1-2-13-6-3-4-8-16(13)21-15-11-19(12-15)17(20)14-7-5-9-18-10-14/h3-10,15H,2,11-12H2,1H3. The fourth-order valence-electron chi connectivity index (χ4n) is 2.44. The van der Waals surface area contributed by atoms with Crippen LogP contribution in [0.25, 0.3) is 0 Å². The van der Waals surface area contributed by atoms with Gasteiger partial charge in [0.15, 0.2) is 0 Å². The van der Waals surface area contributed by atoms with Gasteiger partial charge in [-0.15, -0.1) is 0 Å². The van der Waals surface area contributed by atoms with Crippen molar-refractivity contribution in [2.45, 2.75) is 19.4 Å². The molecule has 1 aromatic carbocycles. The van der Waals surface area contributed by atoms with E-state index in [-0.39, 0.29) is 12.0 Å². The molecule has 1 aromatic heterocycles.